The van der Waals surface area contributed by atoms with Crippen LogP contribution in [-0.2, 0) is 21.4 Å². The van der Waals surface area contributed by atoms with Crippen LogP contribution in [0.25, 0.3) is 43.4 Å². The highest BCUT2D eigenvalue weighted by atomic mass is 32.2. The van der Waals surface area contributed by atoms with E-state index in [0.29, 0.717) is 45.0 Å². The number of hydrogen-bond donors (Lipinski definition) is 4. The fourth-order valence-electron chi connectivity index (χ4n) is 11.8. The minimum atomic E-state index is -4.33. The fourth-order valence-corrected chi connectivity index (χ4v) is 13.1. The zero-order valence-corrected chi connectivity index (χ0v) is 36.6. The van der Waals surface area contributed by atoms with Crippen LogP contribution in [0.15, 0.2) is 73.2 Å². The maximum atomic E-state index is 13.6. The number of hydrogen-bond acceptors (Lipinski definition) is 11. The number of para-hydroxylation sites is 1. The number of rotatable bonds is 14. The molecule has 2 aromatic carbocycles. The first kappa shape index (κ1) is 42.5. The van der Waals surface area contributed by atoms with Crippen LogP contribution in [0.2, 0.25) is 0 Å². The average molecular weight is 894 g/mol. The van der Waals surface area contributed by atoms with Crippen LogP contribution in [0.1, 0.15) is 78.9 Å². The smallest absolute Gasteiger partial charge is 0.407 e. The molecule has 0 radical (unpaired) electrons. The number of aromatic carboxylic acids is 1. The van der Waals surface area contributed by atoms with Gasteiger partial charge in [-0.25, -0.2) is 19.6 Å². The van der Waals surface area contributed by atoms with E-state index < -0.39 is 33.5 Å². The normalized spacial score (nSPS) is 23.9. The van der Waals surface area contributed by atoms with Gasteiger partial charge in [0.15, 0.2) is 10.8 Å². The molecule has 4 N–H and O–H groups in total. The van der Waals surface area contributed by atoms with Crippen molar-refractivity contribution >= 4 is 65.5 Å². The van der Waals surface area contributed by atoms with Crippen molar-refractivity contribution in [2.24, 2.45) is 16.2 Å². The zero-order chi connectivity index (χ0) is 44.5. The van der Waals surface area contributed by atoms with Gasteiger partial charge < -0.3 is 19.8 Å². The van der Waals surface area contributed by atoms with E-state index >= 15 is 0 Å². The van der Waals surface area contributed by atoms with Gasteiger partial charge in [-0.1, -0.05) is 49.4 Å². The molecule has 10 rings (SSSR count). The van der Waals surface area contributed by atoms with Gasteiger partial charge in [-0.3, -0.25) is 24.3 Å². The molecule has 4 aliphatic carbocycles. The number of pyridine rings is 2. The van der Waals surface area contributed by atoms with Crippen LogP contribution >= 0.6 is 11.3 Å². The van der Waals surface area contributed by atoms with Gasteiger partial charge in [-0.2, -0.15) is 13.5 Å². The lowest BCUT2D eigenvalue weighted by atomic mass is 9.39. The number of benzene rings is 2. The Labute approximate surface area is 367 Å². The van der Waals surface area contributed by atoms with Crippen LogP contribution in [0, 0.1) is 23.2 Å². The molecule has 328 valence electrons. The van der Waals surface area contributed by atoms with Crippen LogP contribution in [0.5, 0.6) is 0 Å². The number of anilines is 1. The van der Waals surface area contributed by atoms with Gasteiger partial charge in [0.05, 0.1) is 45.6 Å². The largest absolute Gasteiger partial charge is 0.476 e. The number of nitrogens with zero attached hydrogens (tertiary/aromatic N) is 6. The molecular formula is C45H47N7O9S2. The summed E-state index contributed by atoms with van der Waals surface area (Å²) in [6, 6.07) is 16.6. The first-order valence-electron chi connectivity index (χ1n) is 20.7. The molecule has 0 saturated heterocycles. The third-order valence-electron chi connectivity index (χ3n) is 13.1. The standard InChI is InChI=1S/C45H47N7O9S2/c1-27-32(19-47-52(27)26-44-21-42(2)20-43(3,22-44)24-45(23-42,25-44)61-14-12-51(41(56)57)13-15-63(58,59)60)30-10-11-34(48-37(30)39(54)55)28-8-9-29-17-46-18-33(31(29)16-28)38(53)50-40-49-35-6-4-5-7-36(35)62-40/h4-11,16-19H,12-15,20-26H2,1-3H3,(H,54,55)(H,56,57)(H,49,50,53)(H,58,59,60). The number of carbonyl (C=O) groups excluding carboxylic acids is 1. The molecule has 4 saturated carbocycles. The lowest BCUT2D eigenvalue weighted by Crippen LogP contribution is -2.64. The molecule has 63 heavy (non-hydrogen) atoms. The summed E-state index contributed by atoms with van der Waals surface area (Å²) >= 11 is 1.38. The van der Waals surface area contributed by atoms with Gasteiger partial charge in [0.25, 0.3) is 16.0 Å². The first-order valence-corrected chi connectivity index (χ1v) is 23.1. The second kappa shape index (κ2) is 15.5. The molecule has 0 spiro atoms. The van der Waals surface area contributed by atoms with Crippen molar-refractivity contribution < 1.29 is 42.3 Å². The Morgan fingerprint density at radius 1 is 0.905 bits per heavy atom. The summed E-state index contributed by atoms with van der Waals surface area (Å²) in [5.74, 6) is -2.26. The maximum absolute atomic E-state index is 13.6. The fraction of sp³-hybridized carbons (Fsp3) is 0.400. The van der Waals surface area contributed by atoms with E-state index in [0.717, 1.165) is 64.7 Å². The Balaban J connectivity index is 0.959. The van der Waals surface area contributed by atoms with E-state index in [1.165, 1.54) is 17.5 Å². The molecule has 4 aliphatic rings. The SMILES string of the molecule is Cc1c(-c2ccc(-c3ccc4cncc(C(=O)Nc5nc6ccccc6s5)c4c3)nc2C(=O)O)cnn1CC12CC3(C)CC(C)(C1)CC(OCCN(CCS(=O)(=O)O)C(=O)O)(C3)C2. The minimum Gasteiger partial charge on any atom is -0.476 e. The molecule has 4 bridgehead atoms. The average Bonchev–Trinajstić information content (AvgIpc) is 3.77. The minimum absolute atomic E-state index is 0.0265. The van der Waals surface area contributed by atoms with E-state index in [1.54, 1.807) is 24.5 Å². The lowest BCUT2D eigenvalue weighted by Gasteiger charge is -2.69. The van der Waals surface area contributed by atoms with Crippen LogP contribution in [0.3, 0.4) is 0 Å². The van der Waals surface area contributed by atoms with E-state index in [4.69, 9.17) is 9.84 Å². The van der Waals surface area contributed by atoms with E-state index in [2.05, 4.69) is 34.1 Å². The van der Waals surface area contributed by atoms with Crippen molar-refractivity contribution in [3.63, 3.8) is 0 Å². The van der Waals surface area contributed by atoms with Crippen molar-refractivity contribution in [2.45, 2.75) is 71.4 Å². The number of carbonyl (C=O) groups is 3. The summed E-state index contributed by atoms with van der Waals surface area (Å²) in [4.78, 5) is 52.8. The molecule has 4 fully saturated rings. The van der Waals surface area contributed by atoms with Gasteiger partial charge in [0, 0.05) is 59.8 Å². The number of fused-ring (bicyclic) bond motifs is 2. The summed E-state index contributed by atoms with van der Waals surface area (Å²) in [6.45, 7) is 6.81. The third-order valence-corrected chi connectivity index (χ3v) is 14.8. The second-order valence-electron chi connectivity index (χ2n) is 18.5. The predicted octanol–water partition coefficient (Wildman–Crippen LogP) is 8.03. The van der Waals surface area contributed by atoms with Crippen molar-refractivity contribution in [3.05, 3.63) is 90.1 Å². The molecule has 2 unspecified atom stereocenters. The van der Waals surface area contributed by atoms with E-state index in [9.17, 15) is 37.6 Å². The second-order valence-corrected chi connectivity index (χ2v) is 21.1. The van der Waals surface area contributed by atoms with Crippen molar-refractivity contribution in [1.82, 2.24) is 29.6 Å². The summed E-state index contributed by atoms with van der Waals surface area (Å²) in [5, 5.41) is 29.8. The molecule has 4 heterocycles. The molecule has 2 amide bonds. The van der Waals surface area contributed by atoms with E-state index in [1.807, 2.05) is 54.1 Å². The Morgan fingerprint density at radius 3 is 2.38 bits per heavy atom. The predicted molar refractivity (Wildman–Crippen MR) is 237 cm³/mol. The van der Waals surface area contributed by atoms with Gasteiger partial charge in [0.2, 0.25) is 0 Å². The number of carboxylic acids is 1. The number of amides is 2. The number of ether oxygens (including phenoxy) is 1. The van der Waals surface area contributed by atoms with Crippen LogP contribution < -0.4 is 5.32 Å². The molecule has 2 atom stereocenters. The summed E-state index contributed by atoms with van der Waals surface area (Å²) in [5.41, 5.74) is 3.15. The lowest BCUT2D eigenvalue weighted by molar-refractivity contribution is -0.248. The summed E-state index contributed by atoms with van der Waals surface area (Å²) < 4.78 is 41.4. The van der Waals surface area contributed by atoms with Gasteiger partial charge >= 0.3 is 12.1 Å². The van der Waals surface area contributed by atoms with E-state index in [-0.39, 0.29) is 47.5 Å². The molecule has 0 aliphatic heterocycles. The summed E-state index contributed by atoms with van der Waals surface area (Å²) in [7, 11) is -4.33. The topological polar surface area (TPSA) is 227 Å². The Morgan fingerprint density at radius 2 is 1.67 bits per heavy atom. The summed E-state index contributed by atoms with van der Waals surface area (Å²) in [6.07, 6.45) is 8.91. The van der Waals surface area contributed by atoms with Crippen molar-refractivity contribution in [1.29, 1.82) is 0 Å². The zero-order valence-electron chi connectivity index (χ0n) is 35.0. The highest BCUT2D eigenvalue weighted by Crippen LogP contribution is 2.72. The van der Waals surface area contributed by atoms with Crippen molar-refractivity contribution in [2.75, 3.05) is 30.8 Å². The molecule has 16 nitrogen and oxygen atoms in total. The first-order chi connectivity index (χ1) is 29.8. The number of thiazole rings is 1. The third kappa shape index (κ3) is 8.39. The maximum Gasteiger partial charge on any atom is 0.407 e. The molecule has 4 aromatic heterocycles. The Kier molecular flexibility index (Phi) is 10.4. The number of aromatic nitrogens is 5. The Bertz CT molecular complexity index is 2900. The molecule has 6 aromatic rings. The van der Waals surface area contributed by atoms with Gasteiger partial charge in [-0.15, -0.1) is 0 Å². The van der Waals surface area contributed by atoms with Gasteiger partial charge in [-0.05, 0) is 97.4 Å². The van der Waals surface area contributed by atoms with Crippen LogP contribution in [0.4, 0.5) is 9.93 Å². The highest BCUT2D eigenvalue weighted by Gasteiger charge is 2.66. The highest BCUT2D eigenvalue weighted by molar-refractivity contribution is 7.85. The van der Waals surface area contributed by atoms with Crippen LogP contribution in [-0.4, -0.2) is 102 Å². The molecule has 18 heteroatoms. The quantitative estimate of drug-likeness (QED) is 0.0761. The number of nitrogens with one attached hydrogen (secondary N) is 1. The number of carboxylic acid groups (broad SMARTS) is 2. The Hall–Kier alpha value is -5.82. The van der Waals surface area contributed by atoms with Gasteiger partial charge in [0.1, 0.15) is 0 Å². The van der Waals surface area contributed by atoms with Crippen molar-refractivity contribution in [3.8, 4) is 22.4 Å². The monoisotopic (exact) mass is 893 g/mol. The molecular weight excluding hydrogens is 847 g/mol.